The summed E-state index contributed by atoms with van der Waals surface area (Å²) in [4.78, 5) is 19.8. The first-order valence-corrected chi connectivity index (χ1v) is 6.37. The number of benzene rings is 1. The minimum atomic E-state index is -4.59. The van der Waals surface area contributed by atoms with Gasteiger partial charge in [0, 0.05) is 11.9 Å². The summed E-state index contributed by atoms with van der Waals surface area (Å²) in [6, 6.07) is 8.03. The summed E-state index contributed by atoms with van der Waals surface area (Å²) in [5.41, 5.74) is 1.15. The zero-order chi connectivity index (χ0) is 16.9. The Morgan fingerprint density at radius 2 is 2.00 bits per heavy atom. The van der Waals surface area contributed by atoms with Gasteiger partial charge >= 0.3 is 6.18 Å². The molecule has 2 rings (SSSR count). The van der Waals surface area contributed by atoms with Crippen molar-refractivity contribution in [2.24, 2.45) is 0 Å². The molecule has 0 unspecified atom stereocenters. The zero-order valence-corrected chi connectivity index (χ0v) is 11.6. The van der Waals surface area contributed by atoms with Gasteiger partial charge in [-0.15, -0.1) is 5.48 Å². The molecule has 0 aliphatic rings. The molecule has 0 aliphatic heterocycles. The molecule has 1 aromatic carbocycles. The summed E-state index contributed by atoms with van der Waals surface area (Å²) in [7, 11) is 0. The zero-order valence-electron chi connectivity index (χ0n) is 11.6. The van der Waals surface area contributed by atoms with E-state index in [2.05, 4.69) is 15.8 Å². The van der Waals surface area contributed by atoms with Crippen molar-refractivity contribution in [2.45, 2.75) is 6.18 Å². The average Bonchev–Trinajstić information content (AvgIpc) is 2.48. The first-order valence-electron chi connectivity index (χ1n) is 6.37. The van der Waals surface area contributed by atoms with E-state index in [-0.39, 0.29) is 23.7 Å². The van der Waals surface area contributed by atoms with Crippen LogP contribution in [-0.4, -0.2) is 22.5 Å². The molecule has 1 amide bonds. The van der Waals surface area contributed by atoms with E-state index in [4.69, 9.17) is 4.84 Å². The Bertz CT molecular complexity index is 692. The molecule has 0 radical (unpaired) electrons. The van der Waals surface area contributed by atoms with Crippen LogP contribution >= 0.6 is 0 Å². The Morgan fingerprint density at radius 3 is 2.70 bits per heavy atom. The van der Waals surface area contributed by atoms with Gasteiger partial charge in [-0.1, -0.05) is 12.1 Å². The lowest BCUT2D eigenvalue weighted by Crippen LogP contribution is -2.30. The highest BCUT2D eigenvalue weighted by atomic mass is 19.4. The second-order valence-electron chi connectivity index (χ2n) is 4.37. The fourth-order valence-electron chi connectivity index (χ4n) is 1.59. The minimum Gasteiger partial charge on any atom is -0.504 e. The molecule has 1 heterocycles. The van der Waals surface area contributed by atoms with Gasteiger partial charge in [0.1, 0.15) is 12.2 Å². The molecular formula is C14H12F3N3O3. The molecule has 122 valence electrons. The fraction of sp³-hybridized carbons (Fsp3) is 0.143. The van der Waals surface area contributed by atoms with Crippen LogP contribution in [0.4, 0.5) is 18.9 Å². The van der Waals surface area contributed by atoms with Crippen LogP contribution in [0, 0.1) is 0 Å². The third kappa shape index (κ3) is 4.85. The van der Waals surface area contributed by atoms with Gasteiger partial charge < -0.3 is 15.3 Å². The number of amides is 1. The summed E-state index contributed by atoms with van der Waals surface area (Å²) < 4.78 is 37.5. The monoisotopic (exact) mass is 327 g/mol. The Kier molecular flexibility index (Phi) is 5.02. The van der Waals surface area contributed by atoms with Crippen LogP contribution in [-0.2, 0) is 11.0 Å². The number of hydroxylamine groups is 1. The van der Waals surface area contributed by atoms with Crippen LogP contribution in [0.15, 0.2) is 42.6 Å². The Balaban J connectivity index is 1.87. The van der Waals surface area contributed by atoms with E-state index in [0.717, 1.165) is 12.3 Å². The standard InChI is InChI=1S/C14H12F3N3O3/c15-14(16,17)12-7-9(5-6-18-12)20-13(22)8-19-23-11-4-2-1-3-10(11)21/h1-7,19,21H,8H2,(H,18,20,22). The molecule has 0 aliphatic carbocycles. The van der Waals surface area contributed by atoms with Crippen molar-refractivity contribution in [3.8, 4) is 11.5 Å². The number of alkyl halides is 3. The van der Waals surface area contributed by atoms with Crippen LogP contribution in [0.5, 0.6) is 11.5 Å². The quantitative estimate of drug-likeness (QED) is 0.734. The number of phenolic OH excluding ortho intramolecular Hbond substituents is 1. The summed E-state index contributed by atoms with van der Waals surface area (Å²) in [6.07, 6.45) is -3.64. The van der Waals surface area contributed by atoms with E-state index in [1.54, 1.807) is 12.1 Å². The molecule has 0 saturated heterocycles. The minimum absolute atomic E-state index is 0.0401. The number of carbonyl (C=O) groups excluding carboxylic acids is 1. The second kappa shape index (κ2) is 6.97. The number of anilines is 1. The van der Waals surface area contributed by atoms with Crippen molar-refractivity contribution < 1.29 is 27.9 Å². The number of hydrogen-bond donors (Lipinski definition) is 3. The number of carbonyl (C=O) groups is 1. The van der Waals surface area contributed by atoms with Gasteiger partial charge in [-0.05, 0) is 24.3 Å². The van der Waals surface area contributed by atoms with E-state index in [9.17, 15) is 23.1 Å². The summed E-state index contributed by atoms with van der Waals surface area (Å²) >= 11 is 0. The molecule has 1 aromatic heterocycles. The lowest BCUT2D eigenvalue weighted by molar-refractivity contribution is -0.141. The van der Waals surface area contributed by atoms with Gasteiger partial charge in [-0.3, -0.25) is 9.78 Å². The topological polar surface area (TPSA) is 83.5 Å². The first kappa shape index (κ1) is 16.6. The van der Waals surface area contributed by atoms with Crippen LogP contribution < -0.4 is 15.6 Å². The maximum atomic E-state index is 12.5. The maximum Gasteiger partial charge on any atom is 0.433 e. The highest BCUT2D eigenvalue weighted by Gasteiger charge is 2.32. The molecule has 3 N–H and O–H groups in total. The van der Waals surface area contributed by atoms with Gasteiger partial charge in [0.2, 0.25) is 5.91 Å². The third-order valence-corrected chi connectivity index (χ3v) is 2.61. The molecule has 0 atom stereocenters. The highest BCUT2D eigenvalue weighted by Crippen LogP contribution is 2.28. The van der Waals surface area contributed by atoms with Gasteiger partial charge in [0.15, 0.2) is 11.5 Å². The predicted molar refractivity (Wildman–Crippen MR) is 74.6 cm³/mol. The lowest BCUT2D eigenvalue weighted by Gasteiger charge is -2.10. The number of nitrogens with one attached hydrogen (secondary N) is 2. The number of para-hydroxylation sites is 2. The number of hydrogen-bond acceptors (Lipinski definition) is 5. The van der Waals surface area contributed by atoms with Gasteiger partial charge in [0.05, 0.1) is 0 Å². The first-order chi connectivity index (χ1) is 10.9. The molecule has 9 heteroatoms. The molecule has 2 aromatic rings. The van der Waals surface area contributed by atoms with Crippen molar-refractivity contribution in [3.63, 3.8) is 0 Å². The molecule has 0 saturated carbocycles. The maximum absolute atomic E-state index is 12.5. The normalized spacial score (nSPS) is 11.1. The van der Waals surface area contributed by atoms with Crippen LogP contribution in [0.1, 0.15) is 5.69 Å². The number of rotatable bonds is 5. The SMILES string of the molecule is O=C(CNOc1ccccc1O)Nc1ccnc(C(F)(F)F)c1. The van der Waals surface area contributed by atoms with E-state index in [1.165, 1.54) is 18.2 Å². The largest absolute Gasteiger partial charge is 0.504 e. The Labute approximate surface area is 128 Å². The summed E-state index contributed by atoms with van der Waals surface area (Å²) in [5, 5.41) is 11.7. The second-order valence-corrected chi connectivity index (χ2v) is 4.37. The number of aromatic nitrogens is 1. The number of halogens is 3. The van der Waals surface area contributed by atoms with Crippen LogP contribution in [0.3, 0.4) is 0 Å². The molecule has 0 fully saturated rings. The van der Waals surface area contributed by atoms with Gasteiger partial charge in [-0.2, -0.15) is 13.2 Å². The van der Waals surface area contributed by atoms with Crippen molar-refractivity contribution in [2.75, 3.05) is 11.9 Å². The smallest absolute Gasteiger partial charge is 0.433 e. The Morgan fingerprint density at radius 1 is 1.26 bits per heavy atom. The van der Waals surface area contributed by atoms with Crippen molar-refractivity contribution in [1.82, 2.24) is 10.5 Å². The van der Waals surface area contributed by atoms with E-state index in [1.807, 2.05) is 0 Å². The number of pyridine rings is 1. The Hall–Kier alpha value is -2.81. The molecule has 0 spiro atoms. The number of aromatic hydroxyl groups is 1. The molecular weight excluding hydrogens is 315 g/mol. The predicted octanol–water partition coefficient (Wildman–Crippen LogP) is 2.33. The van der Waals surface area contributed by atoms with Crippen molar-refractivity contribution >= 4 is 11.6 Å². The van der Waals surface area contributed by atoms with E-state index in [0.29, 0.717) is 0 Å². The average molecular weight is 327 g/mol. The number of nitrogens with zero attached hydrogens (tertiary/aromatic N) is 1. The van der Waals surface area contributed by atoms with E-state index >= 15 is 0 Å². The lowest BCUT2D eigenvalue weighted by atomic mass is 10.3. The van der Waals surface area contributed by atoms with Crippen molar-refractivity contribution in [3.05, 3.63) is 48.3 Å². The van der Waals surface area contributed by atoms with Gasteiger partial charge in [-0.25, -0.2) is 0 Å². The molecule has 0 bridgehead atoms. The van der Waals surface area contributed by atoms with Gasteiger partial charge in [0.25, 0.3) is 0 Å². The number of phenols is 1. The third-order valence-electron chi connectivity index (χ3n) is 2.61. The van der Waals surface area contributed by atoms with Crippen LogP contribution in [0.25, 0.3) is 0 Å². The van der Waals surface area contributed by atoms with Crippen LogP contribution in [0.2, 0.25) is 0 Å². The molecule has 6 nitrogen and oxygen atoms in total. The summed E-state index contributed by atoms with van der Waals surface area (Å²) in [5.74, 6) is -0.632. The highest BCUT2D eigenvalue weighted by molar-refractivity contribution is 5.92. The fourth-order valence-corrected chi connectivity index (χ4v) is 1.59. The van der Waals surface area contributed by atoms with E-state index < -0.39 is 17.8 Å². The molecule has 23 heavy (non-hydrogen) atoms. The summed E-state index contributed by atoms with van der Waals surface area (Å²) in [6.45, 7) is -0.335. The van der Waals surface area contributed by atoms with Crippen molar-refractivity contribution in [1.29, 1.82) is 0 Å².